The van der Waals surface area contributed by atoms with E-state index in [1.54, 1.807) is 12.3 Å². The molecule has 310 valence electrons. The minimum atomic E-state index is -1.64. The van der Waals surface area contributed by atoms with Gasteiger partial charge >= 0.3 is 0 Å². The third kappa shape index (κ3) is 8.03. The highest BCUT2D eigenvalue weighted by atomic mass is 16.5. The maximum absolute atomic E-state index is 9.13. The van der Waals surface area contributed by atoms with E-state index in [4.69, 9.17) is 15.2 Å². The zero-order chi connectivity index (χ0) is 46.9. The average molecular weight is 825 g/mol. The molecule has 0 atom stereocenters. The summed E-state index contributed by atoms with van der Waals surface area (Å²) in [6, 6.07) is 59.1. The SMILES string of the molecule is [2H]C([2H])(c1ccnc(-n2c3ccc(C([2H])([2H])C(C)(C)C)cc3c3ccc(Oc4cccc(-n5[c-][n+](-c6c(-c7ccccc7)cccc6-c6ccccc6)c6ccccc65)c4)cc32)c1)C(C)(C)C. The standard InChI is InChI=1S/C58H52N4O/c1-57(2,3)37-40-27-30-51-50(33-40)49-29-28-46(36-54(49)62(51)55-34-41(31-32-59-55)38-58(4,5)6)63-45-22-15-21-44(35-45)60-39-61(53-26-14-13-25-52(53)60)56-47(42-17-9-7-10-18-42)23-16-24-48(56)43-19-11-8-12-20-43/h7-36H,37-38H2,1-6H3/i37D2,38D2. The van der Waals surface area contributed by atoms with Crippen molar-refractivity contribution in [3.63, 3.8) is 0 Å². The van der Waals surface area contributed by atoms with E-state index >= 15 is 0 Å². The number of hydrogen-bond donors (Lipinski definition) is 0. The van der Waals surface area contributed by atoms with Gasteiger partial charge in [-0.25, -0.2) is 4.98 Å². The van der Waals surface area contributed by atoms with Crippen LogP contribution in [0.15, 0.2) is 182 Å². The van der Waals surface area contributed by atoms with E-state index in [2.05, 4.69) is 113 Å². The van der Waals surface area contributed by atoms with E-state index in [1.165, 1.54) is 0 Å². The Balaban J connectivity index is 1.10. The van der Waals surface area contributed by atoms with Crippen LogP contribution in [0, 0.1) is 17.2 Å². The molecule has 10 aromatic rings. The summed E-state index contributed by atoms with van der Waals surface area (Å²) >= 11 is 0. The second-order valence-corrected chi connectivity index (χ2v) is 18.2. The molecule has 0 saturated carbocycles. The lowest BCUT2D eigenvalue weighted by molar-refractivity contribution is -0.571. The summed E-state index contributed by atoms with van der Waals surface area (Å²) in [6.07, 6.45) is 2.17. The molecule has 0 amide bonds. The van der Waals surface area contributed by atoms with Gasteiger partial charge in [-0.1, -0.05) is 157 Å². The van der Waals surface area contributed by atoms with Gasteiger partial charge in [0.25, 0.3) is 6.33 Å². The molecule has 0 N–H and O–H groups in total. The van der Waals surface area contributed by atoms with Crippen molar-refractivity contribution in [1.29, 1.82) is 0 Å². The summed E-state index contributed by atoms with van der Waals surface area (Å²) in [5.41, 5.74) is 9.72. The molecule has 0 fully saturated rings. The molecule has 7 aromatic carbocycles. The Labute approximate surface area is 376 Å². The van der Waals surface area contributed by atoms with Crippen molar-refractivity contribution in [2.24, 2.45) is 10.8 Å². The average Bonchev–Trinajstić information content (AvgIpc) is 3.87. The van der Waals surface area contributed by atoms with Crippen molar-refractivity contribution in [3.05, 3.63) is 200 Å². The first-order valence-corrected chi connectivity index (χ1v) is 21.5. The van der Waals surface area contributed by atoms with Gasteiger partial charge in [0.05, 0.1) is 33.4 Å². The maximum Gasteiger partial charge on any atom is 0.269 e. The lowest BCUT2D eigenvalue weighted by Gasteiger charge is -2.19. The van der Waals surface area contributed by atoms with E-state index in [-0.39, 0.29) is 0 Å². The molecule has 5 heteroatoms. The number of nitrogens with zero attached hydrogens (tertiary/aromatic N) is 4. The molecule has 0 unspecified atom stereocenters. The fraction of sp³-hybridized carbons (Fsp3) is 0.172. The smallest absolute Gasteiger partial charge is 0.269 e. The highest BCUT2D eigenvalue weighted by molar-refractivity contribution is 6.09. The highest BCUT2D eigenvalue weighted by Gasteiger charge is 2.21. The number of aromatic nitrogens is 4. The van der Waals surface area contributed by atoms with Gasteiger partial charge in [0.2, 0.25) is 0 Å². The Morgan fingerprint density at radius 2 is 1.19 bits per heavy atom. The Morgan fingerprint density at radius 3 is 1.89 bits per heavy atom. The number of hydrogen-bond acceptors (Lipinski definition) is 2. The first-order valence-electron chi connectivity index (χ1n) is 23.5. The monoisotopic (exact) mass is 824 g/mol. The predicted molar refractivity (Wildman–Crippen MR) is 259 cm³/mol. The molecule has 0 bridgehead atoms. The van der Waals surface area contributed by atoms with Gasteiger partial charge in [-0.15, -0.1) is 0 Å². The van der Waals surface area contributed by atoms with Gasteiger partial charge in [-0.05, 0) is 112 Å². The van der Waals surface area contributed by atoms with E-state index in [1.807, 2.05) is 119 Å². The summed E-state index contributed by atoms with van der Waals surface area (Å²) in [7, 11) is 0. The second-order valence-electron chi connectivity index (χ2n) is 18.2. The van der Waals surface area contributed by atoms with Crippen LogP contribution in [-0.2, 0) is 12.7 Å². The van der Waals surface area contributed by atoms with Gasteiger partial charge in [-0.2, -0.15) is 0 Å². The topological polar surface area (TPSA) is 35.9 Å². The third-order valence-corrected chi connectivity index (χ3v) is 11.1. The van der Waals surface area contributed by atoms with Gasteiger partial charge in [0.1, 0.15) is 17.3 Å². The van der Waals surface area contributed by atoms with E-state index in [9.17, 15) is 0 Å². The van der Waals surface area contributed by atoms with Gasteiger partial charge in [0.15, 0.2) is 0 Å². The molecular weight excluding hydrogens is 769 g/mol. The van der Waals surface area contributed by atoms with Crippen molar-refractivity contribution >= 4 is 32.8 Å². The Bertz CT molecular complexity index is 3410. The number of ether oxygens (including phenoxy) is 1. The van der Waals surface area contributed by atoms with Crippen LogP contribution < -0.4 is 9.30 Å². The molecule has 5 nitrogen and oxygen atoms in total. The second kappa shape index (κ2) is 15.9. The molecule has 0 aliphatic heterocycles. The van der Waals surface area contributed by atoms with Crippen molar-refractivity contribution in [2.45, 2.75) is 54.3 Å². The normalized spacial score (nSPS) is 13.5. The van der Waals surface area contributed by atoms with Gasteiger partial charge in [-0.3, -0.25) is 13.7 Å². The Morgan fingerprint density at radius 1 is 0.556 bits per heavy atom. The molecular formula is C58H52N4O. The Hall–Kier alpha value is -7.24. The van der Waals surface area contributed by atoms with E-state index < -0.39 is 23.6 Å². The van der Waals surface area contributed by atoms with Crippen LogP contribution >= 0.6 is 0 Å². The van der Waals surface area contributed by atoms with Crippen molar-refractivity contribution < 1.29 is 14.8 Å². The van der Waals surface area contributed by atoms with Crippen molar-refractivity contribution in [1.82, 2.24) is 14.1 Å². The number of pyridine rings is 1. The van der Waals surface area contributed by atoms with Gasteiger partial charge in [0, 0.05) is 28.5 Å². The Kier molecular flexibility index (Phi) is 8.93. The first kappa shape index (κ1) is 35.4. The van der Waals surface area contributed by atoms with Crippen LogP contribution in [0.25, 0.3) is 72.3 Å². The van der Waals surface area contributed by atoms with Gasteiger partial charge < -0.3 is 4.74 Å². The molecule has 3 heterocycles. The minimum absolute atomic E-state index is 0.528. The van der Waals surface area contributed by atoms with Crippen molar-refractivity contribution in [3.8, 4) is 50.9 Å². The summed E-state index contributed by atoms with van der Waals surface area (Å²) in [5.74, 6) is 1.79. The largest absolute Gasteiger partial charge is 0.458 e. The number of imidazole rings is 1. The molecule has 3 aromatic heterocycles. The molecule has 0 saturated heterocycles. The number of para-hydroxylation sites is 3. The maximum atomic E-state index is 9.13. The zero-order valence-electron chi connectivity index (χ0n) is 40.5. The van der Waals surface area contributed by atoms with E-state index in [0.29, 0.717) is 28.4 Å². The fourth-order valence-electron chi connectivity index (χ4n) is 8.60. The van der Waals surface area contributed by atoms with Crippen LogP contribution in [0.4, 0.5) is 0 Å². The minimum Gasteiger partial charge on any atom is -0.458 e. The molecule has 0 radical (unpaired) electrons. The fourth-order valence-corrected chi connectivity index (χ4v) is 8.60. The summed E-state index contributed by atoms with van der Waals surface area (Å²) in [6.45, 7) is 11.5. The molecule has 63 heavy (non-hydrogen) atoms. The lowest BCUT2D eigenvalue weighted by Crippen LogP contribution is -2.31. The summed E-state index contributed by atoms with van der Waals surface area (Å²) < 4.78 is 49.5. The third-order valence-electron chi connectivity index (χ3n) is 11.1. The number of fused-ring (bicyclic) bond motifs is 4. The van der Waals surface area contributed by atoms with Crippen LogP contribution in [0.2, 0.25) is 0 Å². The quantitative estimate of drug-likeness (QED) is 0.107. The molecule has 0 aliphatic carbocycles. The van der Waals surface area contributed by atoms with Crippen LogP contribution in [0.5, 0.6) is 11.5 Å². The molecule has 0 aliphatic rings. The molecule has 0 spiro atoms. The molecule has 10 rings (SSSR count). The summed E-state index contributed by atoms with van der Waals surface area (Å²) in [4.78, 5) is 4.81. The highest BCUT2D eigenvalue weighted by Crippen LogP contribution is 2.38. The lowest BCUT2D eigenvalue weighted by atomic mass is 9.88. The van der Waals surface area contributed by atoms with Crippen LogP contribution in [-0.4, -0.2) is 14.1 Å². The van der Waals surface area contributed by atoms with Crippen molar-refractivity contribution in [2.75, 3.05) is 0 Å². The zero-order valence-corrected chi connectivity index (χ0v) is 36.5. The van der Waals surface area contributed by atoms with Crippen LogP contribution in [0.3, 0.4) is 0 Å². The predicted octanol–water partition coefficient (Wildman–Crippen LogP) is 14.5. The number of rotatable bonds is 9. The van der Waals surface area contributed by atoms with Crippen LogP contribution in [0.1, 0.15) is 58.2 Å². The van der Waals surface area contributed by atoms with E-state index in [0.717, 1.165) is 66.5 Å². The number of benzene rings is 7. The first-order chi connectivity index (χ1) is 32.0. The summed E-state index contributed by atoms with van der Waals surface area (Å²) in [5, 5.41) is 1.77.